The summed E-state index contributed by atoms with van der Waals surface area (Å²) in [6.07, 6.45) is 8.07. The molecule has 4 heterocycles. The van der Waals surface area contributed by atoms with Crippen molar-refractivity contribution in [2.75, 3.05) is 20.1 Å². The third kappa shape index (κ3) is 2.06. The first-order valence-electron chi connectivity index (χ1n) is 8.92. The lowest BCUT2D eigenvalue weighted by Crippen LogP contribution is -2.56. The molecule has 4 aliphatic rings. The lowest BCUT2D eigenvalue weighted by atomic mass is 9.77. The molecule has 4 heteroatoms. The minimum atomic E-state index is 0.00715. The van der Waals surface area contributed by atoms with Crippen molar-refractivity contribution in [2.45, 2.75) is 31.0 Å². The van der Waals surface area contributed by atoms with E-state index in [0.717, 1.165) is 19.5 Å². The number of nitrogens with zero attached hydrogens (tertiary/aromatic N) is 2. The van der Waals surface area contributed by atoms with E-state index in [2.05, 4.69) is 64.7 Å². The molecule has 0 saturated carbocycles. The van der Waals surface area contributed by atoms with E-state index in [0.29, 0.717) is 24.3 Å². The quantitative estimate of drug-likeness (QED) is 0.792. The normalized spacial score (nSPS) is 34.5. The van der Waals surface area contributed by atoms with Gasteiger partial charge in [0.1, 0.15) is 6.17 Å². The number of rotatable bonds is 0. The molecule has 0 spiro atoms. The molecular weight excluding hydrogens is 298 g/mol. The number of carbonyl (C=O) groups excluding carboxylic acids is 1. The number of likely N-dealkylation sites (tertiary alicyclic amines) is 1. The van der Waals surface area contributed by atoms with Gasteiger partial charge in [0.15, 0.2) is 0 Å². The summed E-state index contributed by atoms with van der Waals surface area (Å²) in [5, 5.41) is 3.23. The summed E-state index contributed by atoms with van der Waals surface area (Å²) < 4.78 is 0. The fourth-order valence-electron chi connectivity index (χ4n) is 5.23. The van der Waals surface area contributed by atoms with Crippen LogP contribution < -0.4 is 5.32 Å². The maximum absolute atomic E-state index is 12.5. The number of allylic oxidation sites excluding steroid dienone is 3. The monoisotopic (exact) mass is 321 g/mol. The van der Waals surface area contributed by atoms with Crippen molar-refractivity contribution in [3.63, 3.8) is 0 Å². The number of fused-ring (bicyclic) bond motifs is 2. The van der Waals surface area contributed by atoms with Gasteiger partial charge in [-0.2, -0.15) is 0 Å². The number of likely N-dealkylation sites (N-methyl/N-ethyl adjacent to an activating group) is 1. The molecule has 4 unspecified atom stereocenters. The zero-order chi connectivity index (χ0) is 16.3. The van der Waals surface area contributed by atoms with E-state index in [4.69, 9.17) is 0 Å². The van der Waals surface area contributed by atoms with Crippen molar-refractivity contribution >= 4 is 5.91 Å². The number of benzene rings is 1. The van der Waals surface area contributed by atoms with E-state index in [-0.39, 0.29) is 12.1 Å². The van der Waals surface area contributed by atoms with Crippen LogP contribution in [-0.2, 0) is 11.2 Å². The summed E-state index contributed by atoms with van der Waals surface area (Å²) in [7, 11) is 2.19. The van der Waals surface area contributed by atoms with Crippen LogP contribution in [0.2, 0.25) is 0 Å². The van der Waals surface area contributed by atoms with Crippen LogP contribution >= 0.6 is 0 Å². The van der Waals surface area contributed by atoms with Crippen molar-refractivity contribution in [3.05, 3.63) is 59.3 Å². The predicted molar refractivity (Wildman–Crippen MR) is 93.3 cm³/mol. The van der Waals surface area contributed by atoms with E-state index in [1.165, 1.54) is 16.8 Å². The molecule has 24 heavy (non-hydrogen) atoms. The summed E-state index contributed by atoms with van der Waals surface area (Å²) >= 11 is 0. The van der Waals surface area contributed by atoms with Crippen LogP contribution in [0.5, 0.6) is 0 Å². The standard InChI is InChI=1S/C20H23N3O/c1-22-11-14-10-19(24)21-18-8-4-6-15-9-13-5-2-3-7-16(13)17(12-22)20(14)23(15)18/h2-8,14,17-18,20H,9-12H2,1H3,(H,21,24). The highest BCUT2D eigenvalue weighted by Crippen LogP contribution is 2.44. The second-order valence-corrected chi connectivity index (χ2v) is 7.62. The first kappa shape index (κ1) is 14.3. The fourth-order valence-corrected chi connectivity index (χ4v) is 5.23. The summed E-state index contributed by atoms with van der Waals surface area (Å²) in [6.45, 7) is 2.06. The molecule has 124 valence electrons. The second-order valence-electron chi connectivity index (χ2n) is 7.62. The average molecular weight is 321 g/mol. The molecule has 5 rings (SSSR count). The summed E-state index contributed by atoms with van der Waals surface area (Å²) in [5.41, 5.74) is 4.26. The molecular formula is C20H23N3O. The molecule has 4 nitrogen and oxygen atoms in total. The smallest absolute Gasteiger partial charge is 0.222 e. The largest absolute Gasteiger partial charge is 0.347 e. The van der Waals surface area contributed by atoms with Gasteiger partial charge in [-0.15, -0.1) is 0 Å². The number of nitrogens with one attached hydrogen (secondary N) is 1. The SMILES string of the molecule is CN1CC2CC(=O)NC3C=CC=C4Cc5ccccc5C(C1)C2N43. The summed E-state index contributed by atoms with van der Waals surface area (Å²) in [4.78, 5) is 17.4. The Morgan fingerprint density at radius 3 is 3.00 bits per heavy atom. The van der Waals surface area contributed by atoms with Crippen LogP contribution in [0, 0.1) is 5.92 Å². The number of piperidine rings is 1. The molecule has 1 N–H and O–H groups in total. The van der Waals surface area contributed by atoms with Crippen LogP contribution in [0.1, 0.15) is 23.5 Å². The first-order chi connectivity index (χ1) is 11.7. The highest BCUT2D eigenvalue weighted by Gasteiger charge is 2.47. The Bertz CT molecular complexity index is 753. The molecule has 0 aromatic heterocycles. The molecule has 4 atom stereocenters. The Kier molecular flexibility index (Phi) is 3.10. The van der Waals surface area contributed by atoms with E-state index < -0.39 is 0 Å². The fraction of sp³-hybridized carbons (Fsp3) is 0.450. The second kappa shape index (κ2) is 5.21. The van der Waals surface area contributed by atoms with Crippen molar-refractivity contribution in [1.29, 1.82) is 0 Å². The maximum Gasteiger partial charge on any atom is 0.222 e. The van der Waals surface area contributed by atoms with Gasteiger partial charge in [0.05, 0.1) is 0 Å². The van der Waals surface area contributed by atoms with Gasteiger partial charge < -0.3 is 15.1 Å². The van der Waals surface area contributed by atoms with Gasteiger partial charge in [0.2, 0.25) is 5.91 Å². The van der Waals surface area contributed by atoms with Crippen LogP contribution in [0.4, 0.5) is 0 Å². The number of hydrogen-bond donors (Lipinski definition) is 1. The maximum atomic E-state index is 12.5. The lowest BCUT2D eigenvalue weighted by molar-refractivity contribution is -0.122. The number of carbonyl (C=O) groups is 1. The summed E-state index contributed by atoms with van der Waals surface area (Å²) in [6, 6.07) is 9.29. The van der Waals surface area contributed by atoms with E-state index >= 15 is 0 Å². The van der Waals surface area contributed by atoms with Crippen LogP contribution in [0.15, 0.2) is 48.2 Å². The van der Waals surface area contributed by atoms with Gasteiger partial charge in [0, 0.05) is 49.5 Å². The molecule has 0 aliphatic carbocycles. The van der Waals surface area contributed by atoms with Crippen LogP contribution in [-0.4, -0.2) is 48.1 Å². The first-order valence-corrected chi connectivity index (χ1v) is 8.92. The lowest BCUT2D eigenvalue weighted by Gasteiger charge is -2.49. The molecule has 1 amide bonds. The predicted octanol–water partition coefficient (Wildman–Crippen LogP) is 1.86. The molecule has 2 saturated heterocycles. The van der Waals surface area contributed by atoms with Crippen molar-refractivity contribution < 1.29 is 4.79 Å². The molecule has 1 aromatic rings. The van der Waals surface area contributed by atoms with E-state index in [1.807, 2.05) is 0 Å². The topological polar surface area (TPSA) is 35.6 Å². The van der Waals surface area contributed by atoms with Gasteiger partial charge in [-0.05, 0) is 30.3 Å². The molecule has 1 aromatic carbocycles. The van der Waals surface area contributed by atoms with Crippen molar-refractivity contribution in [3.8, 4) is 0 Å². The van der Waals surface area contributed by atoms with E-state index in [9.17, 15) is 4.79 Å². The van der Waals surface area contributed by atoms with E-state index in [1.54, 1.807) is 0 Å². The number of hydrogen-bond acceptors (Lipinski definition) is 3. The van der Waals surface area contributed by atoms with Crippen molar-refractivity contribution in [1.82, 2.24) is 15.1 Å². The Labute approximate surface area is 142 Å². The Morgan fingerprint density at radius 1 is 1.21 bits per heavy atom. The third-order valence-corrected chi connectivity index (χ3v) is 6.07. The van der Waals surface area contributed by atoms with Gasteiger partial charge in [-0.25, -0.2) is 0 Å². The Balaban J connectivity index is 1.71. The zero-order valence-electron chi connectivity index (χ0n) is 14.0. The summed E-state index contributed by atoms with van der Waals surface area (Å²) in [5.74, 6) is 1.02. The highest BCUT2D eigenvalue weighted by atomic mass is 16.1. The average Bonchev–Trinajstić information content (AvgIpc) is 2.79. The highest BCUT2D eigenvalue weighted by molar-refractivity contribution is 5.77. The molecule has 4 aliphatic heterocycles. The molecule has 0 radical (unpaired) electrons. The molecule has 0 bridgehead atoms. The van der Waals surface area contributed by atoms with Gasteiger partial charge >= 0.3 is 0 Å². The molecule has 2 fully saturated rings. The third-order valence-electron chi connectivity index (χ3n) is 6.07. The van der Waals surface area contributed by atoms with Crippen LogP contribution in [0.3, 0.4) is 0 Å². The van der Waals surface area contributed by atoms with Gasteiger partial charge in [-0.3, -0.25) is 4.79 Å². The Hall–Kier alpha value is -2.07. The Morgan fingerprint density at radius 2 is 2.08 bits per heavy atom. The van der Waals surface area contributed by atoms with Gasteiger partial charge in [0.25, 0.3) is 0 Å². The van der Waals surface area contributed by atoms with Crippen molar-refractivity contribution in [2.24, 2.45) is 5.92 Å². The van der Waals surface area contributed by atoms with Gasteiger partial charge in [-0.1, -0.05) is 30.3 Å². The number of amides is 1. The minimum Gasteiger partial charge on any atom is -0.347 e. The van der Waals surface area contributed by atoms with Crippen LogP contribution in [0.25, 0.3) is 0 Å². The minimum absolute atomic E-state index is 0.00715. The zero-order valence-corrected chi connectivity index (χ0v) is 14.0.